The number of hydrogen-bond donors (Lipinski definition) is 1. The minimum Gasteiger partial charge on any atom is -0.346 e. The Labute approximate surface area is 114 Å². The molecule has 0 spiro atoms. The zero-order valence-electron chi connectivity index (χ0n) is 9.53. The van der Waals surface area contributed by atoms with E-state index in [9.17, 15) is 0 Å². The van der Waals surface area contributed by atoms with E-state index in [2.05, 4.69) is 45.0 Å². The maximum Gasteiger partial charge on any atom is 0.133 e. The molecule has 88 valence electrons. The number of hydrogen-bond acceptors (Lipinski definition) is 2. The van der Waals surface area contributed by atoms with Crippen LogP contribution in [-0.4, -0.2) is 9.97 Å². The third-order valence-corrected chi connectivity index (χ3v) is 3.46. The summed E-state index contributed by atoms with van der Waals surface area (Å²) in [4.78, 5) is 7.36. The average molecular weight is 309 g/mol. The Morgan fingerprint density at radius 1 is 1.29 bits per heavy atom. The normalized spacial score (nSPS) is 10.5. The molecule has 1 aromatic carbocycles. The van der Waals surface area contributed by atoms with E-state index in [0.717, 1.165) is 34.1 Å². The molecule has 1 aromatic heterocycles. The van der Waals surface area contributed by atoms with Gasteiger partial charge >= 0.3 is 0 Å². The van der Waals surface area contributed by atoms with Gasteiger partial charge < -0.3 is 4.98 Å². The van der Waals surface area contributed by atoms with Crippen molar-refractivity contribution in [3.8, 4) is 11.3 Å². The van der Waals surface area contributed by atoms with Crippen molar-refractivity contribution in [2.75, 3.05) is 0 Å². The fraction of sp³-hybridized carbons (Fsp3) is 0.231. The van der Waals surface area contributed by atoms with Crippen molar-refractivity contribution in [3.63, 3.8) is 0 Å². The first kappa shape index (κ1) is 12.5. The van der Waals surface area contributed by atoms with E-state index in [1.807, 2.05) is 12.1 Å². The van der Waals surface area contributed by atoms with Gasteiger partial charge in [-0.05, 0) is 24.1 Å². The van der Waals surface area contributed by atoms with E-state index in [1.54, 1.807) is 6.33 Å². The Balaban J connectivity index is 2.54. The van der Waals surface area contributed by atoms with Crippen LogP contribution in [0.5, 0.6) is 0 Å². The van der Waals surface area contributed by atoms with Gasteiger partial charge in [-0.2, -0.15) is 0 Å². The standard InChI is InChI=1S/C13H13BrN2S/c1-2-3-11-12(15-8-16-13(11)17)9-4-6-10(14)7-5-9/h4-8H,2-3H2,1H3,(H,15,16,17). The topological polar surface area (TPSA) is 28.7 Å². The molecular formula is C13H13BrN2S. The van der Waals surface area contributed by atoms with E-state index in [1.165, 1.54) is 0 Å². The molecule has 0 radical (unpaired) electrons. The molecule has 1 N–H and O–H groups in total. The van der Waals surface area contributed by atoms with Crippen LogP contribution >= 0.6 is 28.1 Å². The highest BCUT2D eigenvalue weighted by Gasteiger charge is 2.07. The molecule has 0 saturated carbocycles. The molecular weight excluding hydrogens is 296 g/mol. The number of halogens is 1. The average Bonchev–Trinajstić information content (AvgIpc) is 2.33. The van der Waals surface area contributed by atoms with Gasteiger partial charge in [-0.3, -0.25) is 0 Å². The molecule has 17 heavy (non-hydrogen) atoms. The lowest BCUT2D eigenvalue weighted by molar-refractivity contribution is 0.898. The van der Waals surface area contributed by atoms with Crippen molar-refractivity contribution < 1.29 is 0 Å². The van der Waals surface area contributed by atoms with Crippen LogP contribution in [0.25, 0.3) is 11.3 Å². The van der Waals surface area contributed by atoms with Crippen LogP contribution in [0, 0.1) is 4.64 Å². The number of benzene rings is 1. The van der Waals surface area contributed by atoms with Crippen LogP contribution in [0.2, 0.25) is 0 Å². The maximum atomic E-state index is 5.29. The number of aromatic nitrogens is 2. The Kier molecular flexibility index (Phi) is 4.07. The lowest BCUT2D eigenvalue weighted by Crippen LogP contribution is -1.96. The molecule has 0 atom stereocenters. The van der Waals surface area contributed by atoms with E-state index >= 15 is 0 Å². The molecule has 0 aliphatic carbocycles. The van der Waals surface area contributed by atoms with Crippen LogP contribution in [0.4, 0.5) is 0 Å². The second-order valence-electron chi connectivity index (χ2n) is 3.82. The Hall–Kier alpha value is -1.00. The summed E-state index contributed by atoms with van der Waals surface area (Å²) in [6, 6.07) is 8.21. The summed E-state index contributed by atoms with van der Waals surface area (Å²) >= 11 is 8.73. The monoisotopic (exact) mass is 308 g/mol. The first-order chi connectivity index (χ1) is 8.22. The minimum absolute atomic E-state index is 0.698. The highest BCUT2D eigenvalue weighted by atomic mass is 79.9. The number of rotatable bonds is 3. The molecule has 2 aromatic rings. The van der Waals surface area contributed by atoms with Gasteiger partial charge in [0.15, 0.2) is 0 Å². The molecule has 0 unspecified atom stereocenters. The molecule has 4 heteroatoms. The van der Waals surface area contributed by atoms with Gasteiger partial charge in [0.1, 0.15) is 4.64 Å². The Bertz CT molecular complexity index is 560. The Morgan fingerprint density at radius 3 is 2.65 bits per heavy atom. The van der Waals surface area contributed by atoms with E-state index in [-0.39, 0.29) is 0 Å². The number of aromatic amines is 1. The summed E-state index contributed by atoms with van der Waals surface area (Å²) in [6.07, 6.45) is 3.68. The molecule has 0 fully saturated rings. The third kappa shape index (κ3) is 2.82. The highest BCUT2D eigenvalue weighted by molar-refractivity contribution is 9.10. The molecule has 0 amide bonds. The molecule has 0 aliphatic rings. The zero-order chi connectivity index (χ0) is 12.3. The van der Waals surface area contributed by atoms with Crippen LogP contribution in [0.1, 0.15) is 18.9 Å². The summed E-state index contributed by atoms with van der Waals surface area (Å²) in [5, 5.41) is 0. The molecule has 2 rings (SSSR count). The predicted molar refractivity (Wildman–Crippen MR) is 76.6 cm³/mol. The van der Waals surface area contributed by atoms with Crippen molar-refractivity contribution >= 4 is 28.1 Å². The summed E-state index contributed by atoms with van der Waals surface area (Å²) in [7, 11) is 0. The van der Waals surface area contributed by atoms with Crippen LogP contribution in [-0.2, 0) is 6.42 Å². The number of nitrogens with zero attached hydrogens (tertiary/aromatic N) is 1. The second kappa shape index (κ2) is 5.56. The van der Waals surface area contributed by atoms with Crippen LogP contribution in [0.3, 0.4) is 0 Å². The van der Waals surface area contributed by atoms with Gasteiger partial charge in [0.25, 0.3) is 0 Å². The van der Waals surface area contributed by atoms with Gasteiger partial charge in [-0.15, -0.1) is 0 Å². The lowest BCUT2D eigenvalue weighted by atomic mass is 10.0. The van der Waals surface area contributed by atoms with Crippen molar-refractivity contribution in [1.29, 1.82) is 0 Å². The quantitative estimate of drug-likeness (QED) is 0.844. The van der Waals surface area contributed by atoms with E-state index < -0.39 is 0 Å². The summed E-state index contributed by atoms with van der Waals surface area (Å²) in [5.41, 5.74) is 3.36. The largest absolute Gasteiger partial charge is 0.346 e. The molecule has 0 saturated heterocycles. The summed E-state index contributed by atoms with van der Waals surface area (Å²) in [5.74, 6) is 0. The van der Waals surface area contributed by atoms with Gasteiger partial charge in [-0.25, -0.2) is 4.98 Å². The van der Waals surface area contributed by atoms with E-state index in [4.69, 9.17) is 12.2 Å². The fourth-order valence-electron chi connectivity index (χ4n) is 1.78. The fourth-order valence-corrected chi connectivity index (χ4v) is 2.30. The van der Waals surface area contributed by atoms with Crippen molar-refractivity contribution in [2.24, 2.45) is 0 Å². The first-order valence-corrected chi connectivity index (χ1v) is 6.75. The highest BCUT2D eigenvalue weighted by Crippen LogP contribution is 2.24. The van der Waals surface area contributed by atoms with Crippen LogP contribution in [0.15, 0.2) is 35.1 Å². The second-order valence-corrected chi connectivity index (χ2v) is 5.12. The van der Waals surface area contributed by atoms with Gasteiger partial charge in [0, 0.05) is 10.0 Å². The summed E-state index contributed by atoms with van der Waals surface area (Å²) < 4.78 is 1.77. The molecule has 0 aliphatic heterocycles. The maximum absolute atomic E-state index is 5.29. The van der Waals surface area contributed by atoms with E-state index in [0.29, 0.717) is 4.64 Å². The van der Waals surface area contributed by atoms with Crippen molar-refractivity contribution in [1.82, 2.24) is 9.97 Å². The number of nitrogens with one attached hydrogen (secondary N) is 1. The first-order valence-electron chi connectivity index (χ1n) is 5.55. The van der Waals surface area contributed by atoms with Crippen molar-refractivity contribution in [3.05, 3.63) is 45.3 Å². The Morgan fingerprint density at radius 2 is 2.00 bits per heavy atom. The van der Waals surface area contributed by atoms with Crippen molar-refractivity contribution in [2.45, 2.75) is 19.8 Å². The lowest BCUT2D eigenvalue weighted by Gasteiger charge is -2.08. The predicted octanol–water partition coefficient (Wildman–Crippen LogP) is 4.52. The van der Waals surface area contributed by atoms with Gasteiger partial charge in [0.05, 0.1) is 12.0 Å². The van der Waals surface area contributed by atoms with Gasteiger partial charge in [-0.1, -0.05) is 53.6 Å². The smallest absolute Gasteiger partial charge is 0.133 e. The number of H-pyrrole nitrogens is 1. The zero-order valence-corrected chi connectivity index (χ0v) is 11.9. The molecule has 0 bridgehead atoms. The minimum atomic E-state index is 0.698. The SMILES string of the molecule is CCCc1c(-c2ccc(Br)cc2)[nH]cnc1=S. The molecule has 1 heterocycles. The van der Waals surface area contributed by atoms with Crippen LogP contribution < -0.4 is 0 Å². The third-order valence-electron chi connectivity index (χ3n) is 2.58. The summed E-state index contributed by atoms with van der Waals surface area (Å²) in [6.45, 7) is 2.15. The van der Waals surface area contributed by atoms with Gasteiger partial charge in [0.2, 0.25) is 0 Å². The molecule has 2 nitrogen and oxygen atoms in total.